The minimum atomic E-state index is -0.0240. The molecule has 2 atom stereocenters. The molecule has 5 heteroatoms. The normalized spacial score (nSPS) is 17.5. The number of hydrogen-bond donors (Lipinski definition) is 0. The molecule has 0 fully saturated rings. The number of aromatic nitrogens is 3. The van der Waals surface area contributed by atoms with Gasteiger partial charge in [0, 0.05) is 39.3 Å². The van der Waals surface area contributed by atoms with E-state index in [-0.39, 0.29) is 12.0 Å². The van der Waals surface area contributed by atoms with Crippen LogP contribution in [0.1, 0.15) is 28.7 Å². The summed E-state index contributed by atoms with van der Waals surface area (Å²) < 4.78 is 9.66. The van der Waals surface area contributed by atoms with Crippen molar-refractivity contribution in [2.75, 3.05) is 0 Å². The summed E-state index contributed by atoms with van der Waals surface area (Å²) in [5.74, 6) is 1.47. The van der Waals surface area contributed by atoms with E-state index in [0.29, 0.717) is 5.88 Å². The van der Waals surface area contributed by atoms with E-state index >= 15 is 0 Å². The number of ether oxygens (including phenoxy) is 1. The number of fused-ring (bicyclic) bond motifs is 3. The van der Waals surface area contributed by atoms with Crippen molar-refractivity contribution < 1.29 is 4.74 Å². The molecular weight excluding hydrogens is 450 g/mol. The smallest absolute Gasteiger partial charge is 0.223 e. The second kappa shape index (κ2) is 7.36. The van der Waals surface area contributed by atoms with Gasteiger partial charge in [-0.05, 0) is 29.8 Å². The molecule has 1 aliphatic rings. The summed E-state index contributed by atoms with van der Waals surface area (Å²) in [4.78, 5) is 9.30. The van der Waals surface area contributed by atoms with E-state index in [1.165, 1.54) is 5.56 Å². The number of pyridine rings is 1. The minimum absolute atomic E-state index is 0.00180. The summed E-state index contributed by atoms with van der Waals surface area (Å²) in [5, 5.41) is 1.07. The van der Waals surface area contributed by atoms with E-state index in [2.05, 4.69) is 67.9 Å². The van der Waals surface area contributed by atoms with E-state index in [1.807, 2.05) is 55.1 Å². The maximum Gasteiger partial charge on any atom is 0.223 e. The Morgan fingerprint density at radius 1 is 0.871 bits per heavy atom. The van der Waals surface area contributed by atoms with Crippen LogP contribution in [0.2, 0.25) is 0 Å². The molecule has 3 heterocycles. The topological polar surface area (TPSA) is 39.9 Å². The van der Waals surface area contributed by atoms with Crippen LogP contribution in [0.15, 0.2) is 102 Å². The Kier molecular flexibility index (Phi) is 4.35. The first-order chi connectivity index (χ1) is 15.3. The van der Waals surface area contributed by atoms with Crippen LogP contribution in [0.5, 0.6) is 11.6 Å². The maximum absolute atomic E-state index is 6.47. The third-order valence-electron chi connectivity index (χ3n) is 5.90. The summed E-state index contributed by atoms with van der Waals surface area (Å²) in [6, 6.07) is 27.1. The molecule has 0 bridgehead atoms. The van der Waals surface area contributed by atoms with Crippen LogP contribution < -0.4 is 4.74 Å². The summed E-state index contributed by atoms with van der Waals surface area (Å²) >= 11 is 3.71. The second-order valence-electron chi connectivity index (χ2n) is 7.67. The predicted octanol–water partition coefficient (Wildman–Crippen LogP) is 6.72. The zero-order valence-corrected chi connectivity index (χ0v) is 18.1. The molecule has 0 N–H and O–H groups in total. The molecule has 0 radical (unpaired) electrons. The minimum Gasteiger partial charge on any atom is -0.438 e. The molecule has 31 heavy (non-hydrogen) atoms. The lowest BCUT2D eigenvalue weighted by Crippen LogP contribution is -2.19. The van der Waals surface area contributed by atoms with Crippen LogP contribution >= 0.6 is 15.9 Å². The van der Waals surface area contributed by atoms with Gasteiger partial charge in [-0.15, -0.1) is 0 Å². The standard InChI is InChI=1S/C26H18BrN3O/c27-21-10-6-11-22-19(21)15-20-24(17-7-2-1-3-8-17)25(30-14-13-28-16-30)18-9-4-5-12-23(18)31-26(20)29-22/h1-16,24-25H. The van der Waals surface area contributed by atoms with Crippen LogP contribution in [-0.2, 0) is 0 Å². The molecule has 2 unspecified atom stereocenters. The molecule has 0 spiro atoms. The van der Waals surface area contributed by atoms with Crippen LogP contribution in [0.4, 0.5) is 0 Å². The fraction of sp³-hybridized carbons (Fsp3) is 0.0769. The van der Waals surface area contributed by atoms with Crippen molar-refractivity contribution in [2.24, 2.45) is 0 Å². The van der Waals surface area contributed by atoms with Crippen molar-refractivity contribution in [1.82, 2.24) is 14.5 Å². The number of imidazole rings is 1. The average molecular weight is 468 g/mol. The van der Waals surface area contributed by atoms with Gasteiger partial charge in [0.15, 0.2) is 0 Å². The van der Waals surface area contributed by atoms with E-state index in [1.54, 1.807) is 0 Å². The number of para-hydroxylation sites is 1. The van der Waals surface area contributed by atoms with Crippen LogP contribution in [0.25, 0.3) is 10.9 Å². The van der Waals surface area contributed by atoms with E-state index < -0.39 is 0 Å². The molecule has 5 aromatic rings. The van der Waals surface area contributed by atoms with E-state index in [0.717, 1.165) is 32.3 Å². The lowest BCUT2D eigenvalue weighted by molar-refractivity contribution is 0.459. The van der Waals surface area contributed by atoms with Gasteiger partial charge in [-0.3, -0.25) is 0 Å². The molecule has 2 aromatic heterocycles. The van der Waals surface area contributed by atoms with Gasteiger partial charge in [0.05, 0.1) is 17.9 Å². The van der Waals surface area contributed by atoms with Crippen molar-refractivity contribution in [2.45, 2.75) is 12.0 Å². The quantitative estimate of drug-likeness (QED) is 0.289. The SMILES string of the molecule is Brc1cccc2nc3c(cc12)C(c1ccccc1)C(n1ccnc1)c1ccccc1O3. The monoisotopic (exact) mass is 467 g/mol. The third kappa shape index (κ3) is 3.04. The highest BCUT2D eigenvalue weighted by Gasteiger charge is 2.36. The molecule has 0 saturated carbocycles. The molecule has 0 saturated heterocycles. The van der Waals surface area contributed by atoms with Crippen LogP contribution in [0.3, 0.4) is 0 Å². The number of halogens is 1. The molecule has 3 aromatic carbocycles. The first-order valence-corrected chi connectivity index (χ1v) is 11.0. The zero-order chi connectivity index (χ0) is 20.8. The summed E-state index contributed by atoms with van der Waals surface area (Å²) in [7, 11) is 0. The van der Waals surface area contributed by atoms with Gasteiger partial charge in [0.2, 0.25) is 5.88 Å². The molecule has 150 valence electrons. The van der Waals surface area contributed by atoms with E-state index in [4.69, 9.17) is 9.72 Å². The number of hydrogen-bond acceptors (Lipinski definition) is 3. The van der Waals surface area contributed by atoms with Crippen molar-refractivity contribution in [3.8, 4) is 11.6 Å². The largest absolute Gasteiger partial charge is 0.438 e. The van der Waals surface area contributed by atoms with Crippen molar-refractivity contribution in [1.29, 1.82) is 0 Å². The summed E-state index contributed by atoms with van der Waals surface area (Å²) in [5.41, 5.74) is 4.27. The van der Waals surface area contributed by atoms with Crippen LogP contribution in [-0.4, -0.2) is 14.5 Å². The van der Waals surface area contributed by atoms with Gasteiger partial charge in [0.1, 0.15) is 5.75 Å². The van der Waals surface area contributed by atoms with Gasteiger partial charge in [-0.1, -0.05) is 70.5 Å². The van der Waals surface area contributed by atoms with Crippen molar-refractivity contribution in [3.63, 3.8) is 0 Å². The van der Waals surface area contributed by atoms with Gasteiger partial charge in [0.25, 0.3) is 0 Å². The van der Waals surface area contributed by atoms with Gasteiger partial charge < -0.3 is 9.30 Å². The Hall–Kier alpha value is -3.44. The van der Waals surface area contributed by atoms with Gasteiger partial charge in [-0.2, -0.15) is 0 Å². The molecule has 0 aliphatic carbocycles. The van der Waals surface area contributed by atoms with Crippen LogP contribution in [0, 0.1) is 0 Å². The highest BCUT2D eigenvalue weighted by molar-refractivity contribution is 9.10. The maximum atomic E-state index is 6.47. The number of nitrogens with zero attached hydrogens (tertiary/aromatic N) is 3. The van der Waals surface area contributed by atoms with Gasteiger partial charge >= 0.3 is 0 Å². The molecule has 4 nitrogen and oxygen atoms in total. The highest BCUT2D eigenvalue weighted by atomic mass is 79.9. The Bertz CT molecular complexity index is 1380. The second-order valence-corrected chi connectivity index (χ2v) is 8.53. The van der Waals surface area contributed by atoms with E-state index in [9.17, 15) is 0 Å². The Morgan fingerprint density at radius 3 is 2.55 bits per heavy atom. The molecule has 0 amide bonds. The molecular formula is C26H18BrN3O. The summed E-state index contributed by atoms with van der Waals surface area (Å²) in [6.07, 6.45) is 5.73. The first-order valence-electron chi connectivity index (χ1n) is 10.2. The Labute approximate surface area is 188 Å². The zero-order valence-electron chi connectivity index (χ0n) is 16.5. The van der Waals surface area contributed by atoms with Gasteiger partial charge in [-0.25, -0.2) is 9.97 Å². The fourth-order valence-corrected chi connectivity index (χ4v) is 4.99. The fourth-order valence-electron chi connectivity index (χ4n) is 4.52. The Balaban J connectivity index is 1.71. The first kappa shape index (κ1) is 18.3. The third-order valence-corrected chi connectivity index (χ3v) is 6.59. The Morgan fingerprint density at radius 2 is 1.71 bits per heavy atom. The van der Waals surface area contributed by atoms with Crippen molar-refractivity contribution >= 4 is 26.8 Å². The summed E-state index contributed by atoms with van der Waals surface area (Å²) in [6.45, 7) is 0. The molecule has 6 rings (SSSR count). The lowest BCUT2D eigenvalue weighted by Gasteiger charge is -2.28. The predicted molar refractivity (Wildman–Crippen MR) is 125 cm³/mol. The van der Waals surface area contributed by atoms with Crippen molar-refractivity contribution in [3.05, 3.63) is 119 Å². The lowest BCUT2D eigenvalue weighted by atomic mass is 9.82. The molecule has 1 aliphatic heterocycles. The highest BCUT2D eigenvalue weighted by Crippen LogP contribution is 2.50. The number of benzene rings is 3. The average Bonchev–Trinajstić information content (AvgIpc) is 3.29. The number of rotatable bonds is 2.